The lowest BCUT2D eigenvalue weighted by molar-refractivity contribution is -0.246. The average molecular weight is 477 g/mol. The second-order valence-corrected chi connectivity index (χ2v) is 14.4. The van der Waals surface area contributed by atoms with Crippen LogP contribution in [-0.4, -0.2) is 44.8 Å². The van der Waals surface area contributed by atoms with Gasteiger partial charge in [-0.2, -0.15) is 0 Å². The zero-order chi connectivity index (χ0) is 25.3. The molecule has 4 nitrogen and oxygen atoms in total. The van der Waals surface area contributed by atoms with Crippen LogP contribution in [0.3, 0.4) is 0 Å². The maximum atomic E-state index is 11.8. The summed E-state index contributed by atoms with van der Waals surface area (Å²) in [6.07, 6.45) is 9.93. The van der Waals surface area contributed by atoms with Crippen molar-refractivity contribution in [3.8, 4) is 0 Å². The molecule has 4 rings (SSSR count). The summed E-state index contributed by atoms with van der Waals surface area (Å²) in [5.41, 5.74) is 0.326. The molecule has 0 bridgehead atoms. The molecule has 0 amide bonds. The highest BCUT2D eigenvalue weighted by Gasteiger charge is 2.71. The van der Waals surface area contributed by atoms with E-state index < -0.39 is 5.60 Å². The average Bonchev–Trinajstić information content (AvgIpc) is 3.13. The van der Waals surface area contributed by atoms with Gasteiger partial charge in [0.25, 0.3) is 0 Å². The molecule has 0 heterocycles. The van der Waals surface area contributed by atoms with Crippen LogP contribution in [0.5, 0.6) is 0 Å². The predicted molar refractivity (Wildman–Crippen MR) is 137 cm³/mol. The fourth-order valence-corrected chi connectivity index (χ4v) is 10.3. The van der Waals surface area contributed by atoms with Crippen LogP contribution >= 0.6 is 0 Å². The van der Waals surface area contributed by atoms with Gasteiger partial charge in [-0.15, -0.1) is 0 Å². The Labute approximate surface area is 208 Å². The van der Waals surface area contributed by atoms with Crippen LogP contribution in [0, 0.1) is 45.3 Å². The fourth-order valence-electron chi connectivity index (χ4n) is 10.3. The maximum Gasteiger partial charge on any atom is 0.0654 e. The Morgan fingerprint density at radius 3 is 2.24 bits per heavy atom. The first-order valence-corrected chi connectivity index (χ1v) is 14.0. The number of fused-ring (bicyclic) bond motifs is 5. The Balaban J connectivity index is 1.64. The highest BCUT2D eigenvalue weighted by molar-refractivity contribution is 5.20. The molecule has 0 aromatic carbocycles. The third kappa shape index (κ3) is 3.68. The van der Waals surface area contributed by atoms with Crippen molar-refractivity contribution >= 4 is 0 Å². The van der Waals surface area contributed by atoms with E-state index in [9.17, 15) is 20.4 Å². The molecule has 34 heavy (non-hydrogen) atoms. The molecule has 4 fully saturated rings. The van der Waals surface area contributed by atoms with Crippen molar-refractivity contribution in [3.63, 3.8) is 0 Å². The van der Waals surface area contributed by atoms with Crippen LogP contribution in [0.25, 0.3) is 0 Å². The lowest BCUT2D eigenvalue weighted by Gasteiger charge is -2.70. The molecule has 0 aromatic heterocycles. The molecule has 4 saturated carbocycles. The molecule has 196 valence electrons. The first-order chi connectivity index (χ1) is 15.6. The van der Waals surface area contributed by atoms with Crippen LogP contribution in [0.15, 0.2) is 11.6 Å². The van der Waals surface area contributed by atoms with E-state index >= 15 is 0 Å². The lowest BCUT2D eigenvalue weighted by atomic mass is 9.35. The van der Waals surface area contributed by atoms with Crippen molar-refractivity contribution in [1.82, 2.24) is 0 Å². The zero-order valence-electron chi connectivity index (χ0n) is 22.9. The Morgan fingerprint density at radius 2 is 1.59 bits per heavy atom. The van der Waals surface area contributed by atoms with E-state index in [1.807, 2.05) is 19.9 Å². The SMILES string of the molecule is C/C(=C\CC[C@](C)(O)C1CC[C@]2(C)C1C(O)CC1C3(C)CCC(O)C(C)(C)C3CCC12C)CO. The van der Waals surface area contributed by atoms with Crippen molar-refractivity contribution < 1.29 is 20.4 Å². The van der Waals surface area contributed by atoms with E-state index in [1.165, 1.54) is 0 Å². The van der Waals surface area contributed by atoms with Crippen LogP contribution < -0.4 is 0 Å². The minimum absolute atomic E-state index is 0.00896. The molecule has 10 atom stereocenters. The third-order valence-electron chi connectivity index (χ3n) is 12.6. The van der Waals surface area contributed by atoms with E-state index in [0.29, 0.717) is 18.3 Å². The summed E-state index contributed by atoms with van der Waals surface area (Å²) in [5.74, 6) is 1.15. The van der Waals surface area contributed by atoms with Gasteiger partial charge < -0.3 is 20.4 Å². The van der Waals surface area contributed by atoms with Gasteiger partial charge in [0.1, 0.15) is 0 Å². The second kappa shape index (κ2) is 8.57. The van der Waals surface area contributed by atoms with E-state index in [2.05, 4.69) is 34.6 Å². The van der Waals surface area contributed by atoms with E-state index in [-0.39, 0.29) is 52.3 Å². The standard InChI is InChI=1S/C30H52O4/c1-19(18-31)9-8-13-30(7,34)20-10-15-29(6)25(20)21(32)17-23-27(4)14-12-24(33)26(2,3)22(27)11-16-28(23,29)5/h9,20-25,31-34H,8,10-18H2,1-7H3/b19-9+/t20?,21?,22?,23?,24?,25?,27?,28?,29-,30+/m1/s1. The van der Waals surface area contributed by atoms with Crippen molar-refractivity contribution in [2.75, 3.05) is 6.61 Å². The quantitative estimate of drug-likeness (QED) is 0.397. The molecule has 0 aromatic rings. The van der Waals surface area contributed by atoms with Crippen LogP contribution in [0.4, 0.5) is 0 Å². The molecule has 8 unspecified atom stereocenters. The van der Waals surface area contributed by atoms with Gasteiger partial charge in [-0.3, -0.25) is 0 Å². The van der Waals surface area contributed by atoms with Crippen LogP contribution in [0.1, 0.15) is 106 Å². The van der Waals surface area contributed by atoms with Crippen molar-refractivity contribution in [2.45, 2.75) is 124 Å². The predicted octanol–water partition coefficient (Wildman–Crippen LogP) is 5.47. The smallest absolute Gasteiger partial charge is 0.0654 e. The normalized spacial score (nSPS) is 50.1. The molecular weight excluding hydrogens is 424 g/mol. The summed E-state index contributed by atoms with van der Waals surface area (Å²) in [7, 11) is 0. The largest absolute Gasteiger partial charge is 0.393 e. The van der Waals surface area contributed by atoms with Gasteiger partial charge >= 0.3 is 0 Å². The van der Waals surface area contributed by atoms with Gasteiger partial charge in [-0.1, -0.05) is 46.3 Å². The first kappa shape index (κ1) is 26.6. The number of hydrogen-bond acceptors (Lipinski definition) is 4. The first-order valence-electron chi connectivity index (χ1n) is 14.0. The van der Waals surface area contributed by atoms with Gasteiger partial charge in [-0.05, 0) is 117 Å². The Bertz CT molecular complexity index is 802. The second-order valence-electron chi connectivity index (χ2n) is 14.4. The number of aliphatic hydroxyl groups is 4. The van der Waals surface area contributed by atoms with E-state index in [4.69, 9.17) is 0 Å². The highest BCUT2D eigenvalue weighted by atomic mass is 16.3. The summed E-state index contributed by atoms with van der Waals surface area (Å²) in [6.45, 7) is 15.9. The summed E-state index contributed by atoms with van der Waals surface area (Å²) in [4.78, 5) is 0. The summed E-state index contributed by atoms with van der Waals surface area (Å²) in [5, 5.41) is 43.6. The minimum Gasteiger partial charge on any atom is -0.393 e. The Hall–Kier alpha value is -0.420. The topological polar surface area (TPSA) is 80.9 Å². The highest BCUT2D eigenvalue weighted by Crippen LogP contribution is 2.75. The van der Waals surface area contributed by atoms with Crippen molar-refractivity contribution in [3.05, 3.63) is 11.6 Å². The number of rotatable bonds is 5. The maximum absolute atomic E-state index is 11.8. The van der Waals surface area contributed by atoms with Gasteiger partial charge in [-0.25, -0.2) is 0 Å². The zero-order valence-corrected chi connectivity index (χ0v) is 22.9. The number of allylic oxidation sites excluding steroid dienone is 1. The molecule has 0 radical (unpaired) electrons. The van der Waals surface area contributed by atoms with Gasteiger partial charge in [0.2, 0.25) is 0 Å². The monoisotopic (exact) mass is 476 g/mol. The number of aliphatic hydroxyl groups excluding tert-OH is 3. The molecule has 0 spiro atoms. The van der Waals surface area contributed by atoms with Crippen LogP contribution in [-0.2, 0) is 0 Å². The molecule has 0 saturated heterocycles. The lowest BCUT2D eigenvalue weighted by Crippen LogP contribution is -2.66. The molecule has 4 aliphatic rings. The summed E-state index contributed by atoms with van der Waals surface area (Å²) >= 11 is 0. The van der Waals surface area contributed by atoms with Crippen LogP contribution in [0.2, 0.25) is 0 Å². The molecule has 4 heteroatoms. The molecular formula is C30H52O4. The van der Waals surface area contributed by atoms with Crippen molar-refractivity contribution in [1.29, 1.82) is 0 Å². The number of hydrogen-bond donors (Lipinski definition) is 4. The van der Waals surface area contributed by atoms with Gasteiger partial charge in [0.05, 0.1) is 24.4 Å². The Kier molecular flexibility index (Phi) is 6.71. The minimum atomic E-state index is -0.823. The summed E-state index contributed by atoms with van der Waals surface area (Å²) in [6, 6.07) is 0. The van der Waals surface area contributed by atoms with Gasteiger partial charge in [0, 0.05) is 0 Å². The van der Waals surface area contributed by atoms with E-state index in [1.54, 1.807) is 0 Å². The summed E-state index contributed by atoms with van der Waals surface area (Å²) < 4.78 is 0. The third-order valence-corrected chi connectivity index (χ3v) is 12.6. The molecule has 4 aliphatic carbocycles. The van der Waals surface area contributed by atoms with Crippen molar-refractivity contribution in [2.24, 2.45) is 45.3 Å². The molecule has 0 aliphatic heterocycles. The van der Waals surface area contributed by atoms with Gasteiger partial charge in [0.15, 0.2) is 0 Å². The van der Waals surface area contributed by atoms with E-state index in [0.717, 1.165) is 56.9 Å². The Morgan fingerprint density at radius 1 is 0.941 bits per heavy atom. The fraction of sp³-hybridized carbons (Fsp3) is 0.933. The molecule has 4 N–H and O–H groups in total.